The molecule has 3 amide bonds. The number of carbonyl (C=O) groups is 3. The molecule has 7 heteroatoms. The zero-order chi connectivity index (χ0) is 16.8. The molecule has 0 aromatic heterocycles. The molecule has 0 saturated heterocycles. The fraction of sp³-hybridized carbons (Fsp3) is 0.786. The minimum Gasteiger partial charge on any atom is -0.444 e. The highest BCUT2D eigenvalue weighted by molar-refractivity contribution is 5.90. The molecule has 7 nitrogen and oxygen atoms in total. The van der Waals surface area contributed by atoms with E-state index in [4.69, 9.17) is 10.5 Å². The molecule has 0 rings (SSSR count). The summed E-state index contributed by atoms with van der Waals surface area (Å²) in [6, 6.07) is -1.57. The van der Waals surface area contributed by atoms with Crippen molar-refractivity contribution in [2.24, 2.45) is 11.7 Å². The van der Waals surface area contributed by atoms with Crippen LogP contribution in [0, 0.1) is 5.92 Å². The van der Waals surface area contributed by atoms with E-state index in [1.165, 1.54) is 6.92 Å². The molecule has 4 N–H and O–H groups in total. The van der Waals surface area contributed by atoms with Crippen LogP contribution in [0.3, 0.4) is 0 Å². The van der Waals surface area contributed by atoms with E-state index in [1.54, 1.807) is 20.8 Å². The number of primary amides is 1. The Morgan fingerprint density at radius 3 is 2.00 bits per heavy atom. The Bertz CT molecular complexity index is 388. The molecule has 0 fully saturated rings. The Kier molecular flexibility index (Phi) is 7.18. The summed E-state index contributed by atoms with van der Waals surface area (Å²) in [7, 11) is 0. The molecule has 0 aromatic rings. The van der Waals surface area contributed by atoms with E-state index in [0.29, 0.717) is 6.42 Å². The molecule has 122 valence electrons. The third-order valence-electron chi connectivity index (χ3n) is 2.49. The van der Waals surface area contributed by atoms with E-state index in [-0.39, 0.29) is 5.92 Å². The largest absolute Gasteiger partial charge is 0.444 e. The van der Waals surface area contributed by atoms with Gasteiger partial charge in [0.25, 0.3) is 0 Å². The zero-order valence-electron chi connectivity index (χ0n) is 13.6. The van der Waals surface area contributed by atoms with E-state index in [9.17, 15) is 14.4 Å². The van der Waals surface area contributed by atoms with Gasteiger partial charge in [-0.3, -0.25) is 9.59 Å². The van der Waals surface area contributed by atoms with Crippen molar-refractivity contribution in [3.63, 3.8) is 0 Å². The van der Waals surface area contributed by atoms with Crippen molar-refractivity contribution >= 4 is 17.9 Å². The first kappa shape index (κ1) is 19.2. The minimum absolute atomic E-state index is 0.205. The Balaban J connectivity index is 4.49. The van der Waals surface area contributed by atoms with Crippen LogP contribution in [0.4, 0.5) is 4.79 Å². The second kappa shape index (κ2) is 7.85. The number of hydrogen-bond donors (Lipinski definition) is 3. The van der Waals surface area contributed by atoms with Crippen molar-refractivity contribution in [2.75, 3.05) is 0 Å². The topological polar surface area (TPSA) is 111 Å². The van der Waals surface area contributed by atoms with Crippen LogP contribution in [0.2, 0.25) is 0 Å². The normalized spacial score (nSPS) is 14.2. The Morgan fingerprint density at radius 1 is 1.10 bits per heavy atom. The molecule has 0 radical (unpaired) electrons. The third kappa shape index (κ3) is 8.88. The van der Waals surface area contributed by atoms with Crippen molar-refractivity contribution in [1.82, 2.24) is 10.6 Å². The molecule has 0 aromatic carbocycles. The van der Waals surface area contributed by atoms with Crippen molar-refractivity contribution in [1.29, 1.82) is 0 Å². The van der Waals surface area contributed by atoms with E-state index in [2.05, 4.69) is 10.6 Å². The summed E-state index contributed by atoms with van der Waals surface area (Å²) in [4.78, 5) is 34.8. The van der Waals surface area contributed by atoms with Crippen LogP contribution in [-0.4, -0.2) is 35.6 Å². The summed E-state index contributed by atoms with van der Waals surface area (Å²) in [5, 5.41) is 4.94. The summed E-state index contributed by atoms with van der Waals surface area (Å²) in [5.41, 5.74) is 4.61. The second-order valence-electron chi connectivity index (χ2n) is 6.46. The van der Waals surface area contributed by atoms with Gasteiger partial charge in [0.15, 0.2) is 0 Å². The van der Waals surface area contributed by atoms with Gasteiger partial charge in [0.1, 0.15) is 17.7 Å². The molecule has 0 spiro atoms. The van der Waals surface area contributed by atoms with Crippen LogP contribution in [0.25, 0.3) is 0 Å². The van der Waals surface area contributed by atoms with Gasteiger partial charge >= 0.3 is 6.09 Å². The van der Waals surface area contributed by atoms with Crippen LogP contribution in [0.15, 0.2) is 0 Å². The molecule has 0 aliphatic carbocycles. The summed E-state index contributed by atoms with van der Waals surface area (Å²) in [5.74, 6) is -0.872. The highest BCUT2D eigenvalue weighted by atomic mass is 16.6. The maximum absolute atomic E-state index is 12.0. The Morgan fingerprint density at radius 2 is 1.62 bits per heavy atom. The SMILES string of the molecule is CC(C)C[C@H](NC(=O)[C@H](C)NC(=O)OC(C)(C)C)C(N)=O. The zero-order valence-corrected chi connectivity index (χ0v) is 13.6. The first-order valence-corrected chi connectivity index (χ1v) is 7.01. The number of amides is 3. The fourth-order valence-corrected chi connectivity index (χ4v) is 1.56. The van der Waals surface area contributed by atoms with Gasteiger partial charge in [-0.2, -0.15) is 0 Å². The first-order chi connectivity index (χ1) is 9.42. The standard InChI is InChI=1S/C14H27N3O4/c1-8(2)7-10(11(15)18)17-12(19)9(3)16-13(20)21-14(4,5)6/h8-10H,7H2,1-6H3,(H2,15,18)(H,16,20)(H,17,19)/t9-,10-/m0/s1. The van der Waals surface area contributed by atoms with E-state index in [1.807, 2.05) is 13.8 Å². The maximum Gasteiger partial charge on any atom is 0.408 e. The Labute approximate surface area is 126 Å². The lowest BCUT2D eigenvalue weighted by Gasteiger charge is -2.23. The number of alkyl carbamates (subject to hydrolysis) is 1. The van der Waals surface area contributed by atoms with E-state index < -0.39 is 35.6 Å². The second-order valence-corrected chi connectivity index (χ2v) is 6.46. The van der Waals surface area contributed by atoms with Crippen molar-refractivity contribution in [2.45, 2.75) is 65.6 Å². The predicted molar refractivity (Wildman–Crippen MR) is 79.4 cm³/mol. The molecule has 0 heterocycles. The highest BCUT2D eigenvalue weighted by Crippen LogP contribution is 2.07. The van der Waals surface area contributed by atoms with Gasteiger partial charge in [0.2, 0.25) is 11.8 Å². The third-order valence-corrected chi connectivity index (χ3v) is 2.49. The van der Waals surface area contributed by atoms with Crippen molar-refractivity contribution < 1.29 is 19.1 Å². The molecule has 0 unspecified atom stereocenters. The van der Waals surface area contributed by atoms with Gasteiger partial charge in [-0.15, -0.1) is 0 Å². The van der Waals surface area contributed by atoms with E-state index >= 15 is 0 Å². The van der Waals surface area contributed by atoms with Crippen LogP contribution in [0.1, 0.15) is 48.0 Å². The maximum atomic E-state index is 12.0. The quantitative estimate of drug-likeness (QED) is 0.677. The molecule has 0 bridgehead atoms. The van der Waals surface area contributed by atoms with Gasteiger partial charge in [-0.1, -0.05) is 13.8 Å². The summed E-state index contributed by atoms with van der Waals surface area (Å²) >= 11 is 0. The van der Waals surface area contributed by atoms with Gasteiger partial charge in [-0.25, -0.2) is 4.79 Å². The molecular formula is C14H27N3O4. The van der Waals surface area contributed by atoms with Crippen molar-refractivity contribution in [3.8, 4) is 0 Å². The van der Waals surface area contributed by atoms with Gasteiger partial charge in [0, 0.05) is 0 Å². The van der Waals surface area contributed by atoms with Crippen LogP contribution in [-0.2, 0) is 14.3 Å². The van der Waals surface area contributed by atoms with Crippen LogP contribution < -0.4 is 16.4 Å². The van der Waals surface area contributed by atoms with Gasteiger partial charge < -0.3 is 21.1 Å². The van der Waals surface area contributed by atoms with Crippen molar-refractivity contribution in [3.05, 3.63) is 0 Å². The number of nitrogens with two attached hydrogens (primary N) is 1. The number of rotatable bonds is 6. The molecule has 0 saturated carbocycles. The summed E-state index contributed by atoms with van der Waals surface area (Å²) in [6.45, 7) is 10.5. The highest BCUT2D eigenvalue weighted by Gasteiger charge is 2.25. The number of hydrogen-bond acceptors (Lipinski definition) is 4. The van der Waals surface area contributed by atoms with E-state index in [0.717, 1.165) is 0 Å². The lowest BCUT2D eigenvalue weighted by Crippen LogP contribution is -2.52. The van der Waals surface area contributed by atoms with Crippen LogP contribution >= 0.6 is 0 Å². The predicted octanol–water partition coefficient (Wildman–Crippen LogP) is 0.916. The molecule has 0 aliphatic heterocycles. The van der Waals surface area contributed by atoms with Gasteiger partial charge in [-0.05, 0) is 40.0 Å². The average molecular weight is 301 g/mol. The smallest absolute Gasteiger partial charge is 0.408 e. The molecule has 0 aliphatic rings. The summed E-state index contributed by atoms with van der Waals surface area (Å²) in [6.07, 6.45) is -0.245. The Hall–Kier alpha value is -1.79. The lowest BCUT2D eigenvalue weighted by atomic mass is 10.0. The number of carbonyl (C=O) groups excluding carboxylic acids is 3. The fourth-order valence-electron chi connectivity index (χ4n) is 1.56. The van der Waals surface area contributed by atoms with Crippen LogP contribution in [0.5, 0.6) is 0 Å². The first-order valence-electron chi connectivity index (χ1n) is 7.01. The minimum atomic E-state index is -0.825. The number of ether oxygens (including phenoxy) is 1. The lowest BCUT2D eigenvalue weighted by molar-refractivity contribution is -0.128. The molecule has 21 heavy (non-hydrogen) atoms. The molecular weight excluding hydrogens is 274 g/mol. The average Bonchev–Trinajstić information content (AvgIpc) is 2.24. The molecule has 2 atom stereocenters. The monoisotopic (exact) mass is 301 g/mol. The summed E-state index contributed by atoms with van der Waals surface area (Å²) < 4.78 is 5.05. The van der Waals surface area contributed by atoms with Gasteiger partial charge in [0.05, 0.1) is 0 Å². The number of nitrogens with one attached hydrogen (secondary N) is 2.